The first kappa shape index (κ1) is 25.0. The molecule has 1 saturated heterocycles. The predicted molar refractivity (Wildman–Crippen MR) is 135 cm³/mol. The van der Waals surface area contributed by atoms with Gasteiger partial charge in [0, 0.05) is 37.5 Å². The quantitative estimate of drug-likeness (QED) is 0.491. The molecule has 0 N–H and O–H groups in total. The van der Waals surface area contributed by atoms with Crippen LogP contribution in [0.4, 0.5) is 4.79 Å². The van der Waals surface area contributed by atoms with Crippen molar-refractivity contribution in [2.75, 3.05) is 13.1 Å². The molecule has 1 aliphatic heterocycles. The zero-order valence-electron chi connectivity index (χ0n) is 20.9. The van der Waals surface area contributed by atoms with Gasteiger partial charge in [0.25, 0.3) is 0 Å². The van der Waals surface area contributed by atoms with Gasteiger partial charge in [-0.2, -0.15) is 0 Å². The van der Waals surface area contributed by atoms with Gasteiger partial charge in [0.05, 0.1) is 21.9 Å². The molecule has 8 nitrogen and oxygen atoms in total. The summed E-state index contributed by atoms with van der Waals surface area (Å²) < 4.78 is 38.5. The van der Waals surface area contributed by atoms with Crippen molar-refractivity contribution >= 4 is 26.8 Å². The van der Waals surface area contributed by atoms with E-state index in [9.17, 15) is 13.2 Å². The summed E-state index contributed by atoms with van der Waals surface area (Å²) in [5.74, 6) is 1.39. The van der Waals surface area contributed by atoms with Crippen molar-refractivity contribution in [1.82, 2.24) is 14.5 Å². The molecule has 0 bridgehead atoms. The van der Waals surface area contributed by atoms with Crippen molar-refractivity contribution < 1.29 is 22.7 Å². The molecule has 0 atom stereocenters. The Morgan fingerprint density at radius 2 is 1.80 bits per heavy atom. The second kappa shape index (κ2) is 9.53. The van der Waals surface area contributed by atoms with Crippen molar-refractivity contribution in [3.05, 3.63) is 48.8 Å². The highest BCUT2D eigenvalue weighted by Crippen LogP contribution is 2.26. The third kappa shape index (κ3) is 5.61. The van der Waals surface area contributed by atoms with E-state index in [1.165, 1.54) is 0 Å². The molecular formula is C26H33N3O5S. The molecule has 3 heterocycles. The smallest absolute Gasteiger partial charge is 0.410 e. The second-order valence-electron chi connectivity index (χ2n) is 10.1. The van der Waals surface area contributed by atoms with E-state index in [1.54, 1.807) is 37.1 Å². The van der Waals surface area contributed by atoms with Gasteiger partial charge in [-0.25, -0.2) is 18.2 Å². The molecule has 3 aromatic rings. The van der Waals surface area contributed by atoms with Gasteiger partial charge in [0.15, 0.2) is 9.84 Å². The molecule has 9 heteroatoms. The van der Waals surface area contributed by atoms with E-state index in [-0.39, 0.29) is 12.2 Å². The number of rotatable bonds is 5. The Morgan fingerprint density at radius 1 is 1.09 bits per heavy atom. The maximum Gasteiger partial charge on any atom is 0.410 e. The van der Waals surface area contributed by atoms with Crippen LogP contribution < -0.4 is 4.74 Å². The molecular weight excluding hydrogens is 466 g/mol. The Labute approximate surface area is 206 Å². The van der Waals surface area contributed by atoms with Crippen molar-refractivity contribution in [2.45, 2.75) is 69.3 Å². The summed E-state index contributed by atoms with van der Waals surface area (Å²) in [6.45, 7) is 10.1. The van der Waals surface area contributed by atoms with Crippen LogP contribution >= 0.6 is 0 Å². The minimum atomic E-state index is -3.33. The first-order valence-corrected chi connectivity index (χ1v) is 13.4. The molecule has 2 aromatic heterocycles. The Hall–Kier alpha value is -3.07. The Balaban J connectivity index is 1.40. The summed E-state index contributed by atoms with van der Waals surface area (Å²) in [5, 5.41) is 0.367. The number of piperidine rings is 1. The van der Waals surface area contributed by atoms with E-state index >= 15 is 0 Å². The van der Waals surface area contributed by atoms with E-state index in [0.717, 1.165) is 23.7 Å². The molecule has 0 radical (unpaired) electrons. The summed E-state index contributed by atoms with van der Waals surface area (Å²) in [6.07, 6.45) is 4.75. The first-order valence-electron chi connectivity index (χ1n) is 11.9. The third-order valence-corrected chi connectivity index (χ3v) is 8.13. The number of likely N-dealkylation sites (tertiary alicyclic amines) is 1. The minimum absolute atomic E-state index is 0.00933. The van der Waals surface area contributed by atoms with Crippen LogP contribution in [-0.4, -0.2) is 59.0 Å². The van der Waals surface area contributed by atoms with Gasteiger partial charge in [-0.1, -0.05) is 0 Å². The predicted octanol–water partition coefficient (Wildman–Crippen LogP) is 4.99. The molecule has 1 fully saturated rings. The molecule has 35 heavy (non-hydrogen) atoms. The molecule has 0 spiro atoms. The van der Waals surface area contributed by atoms with Gasteiger partial charge in [0.2, 0.25) is 0 Å². The van der Waals surface area contributed by atoms with Crippen LogP contribution in [0.3, 0.4) is 0 Å². The number of fused-ring (bicyclic) bond motifs is 1. The highest BCUT2D eigenvalue weighted by molar-refractivity contribution is 7.92. The van der Waals surface area contributed by atoms with Crippen molar-refractivity contribution in [3.63, 3.8) is 0 Å². The number of aromatic nitrogens is 2. The lowest BCUT2D eigenvalue weighted by molar-refractivity contribution is 0.0126. The van der Waals surface area contributed by atoms with Gasteiger partial charge in [-0.15, -0.1) is 0 Å². The van der Waals surface area contributed by atoms with Crippen LogP contribution in [0.25, 0.3) is 16.7 Å². The zero-order valence-corrected chi connectivity index (χ0v) is 21.7. The Morgan fingerprint density at radius 3 is 2.40 bits per heavy atom. The van der Waals surface area contributed by atoms with Crippen LogP contribution in [0, 0.1) is 0 Å². The largest absolute Gasteiger partial charge is 0.489 e. The molecule has 0 aliphatic carbocycles. The van der Waals surface area contributed by atoms with Gasteiger partial charge < -0.3 is 18.9 Å². The molecule has 0 saturated carbocycles. The molecule has 4 rings (SSSR count). The number of amides is 1. The number of ether oxygens (including phenoxy) is 2. The van der Waals surface area contributed by atoms with Crippen molar-refractivity contribution in [1.29, 1.82) is 0 Å². The number of carbonyl (C=O) groups is 1. The van der Waals surface area contributed by atoms with Crippen LogP contribution in [0.5, 0.6) is 5.75 Å². The van der Waals surface area contributed by atoms with Crippen LogP contribution in [0.2, 0.25) is 0 Å². The maximum atomic E-state index is 12.5. The van der Waals surface area contributed by atoms with Gasteiger partial charge in [-0.05, 0) is 71.0 Å². The lowest BCUT2D eigenvalue weighted by atomic mass is 10.1. The van der Waals surface area contributed by atoms with E-state index in [2.05, 4.69) is 4.98 Å². The van der Waals surface area contributed by atoms with E-state index in [1.807, 2.05) is 55.8 Å². The van der Waals surface area contributed by atoms with Crippen LogP contribution in [0.15, 0.2) is 53.7 Å². The normalized spacial score (nSPS) is 15.5. The van der Waals surface area contributed by atoms with Crippen LogP contribution in [-0.2, 0) is 14.6 Å². The van der Waals surface area contributed by atoms with Gasteiger partial charge >= 0.3 is 6.09 Å². The fourth-order valence-electron chi connectivity index (χ4n) is 4.03. The van der Waals surface area contributed by atoms with E-state index < -0.39 is 20.7 Å². The van der Waals surface area contributed by atoms with Gasteiger partial charge in [0.1, 0.15) is 23.3 Å². The Bertz CT molecular complexity index is 1300. The lowest BCUT2D eigenvalue weighted by Gasteiger charge is -2.33. The maximum absolute atomic E-state index is 12.5. The number of sulfone groups is 1. The lowest BCUT2D eigenvalue weighted by Crippen LogP contribution is -2.44. The van der Waals surface area contributed by atoms with E-state index in [0.29, 0.717) is 29.6 Å². The van der Waals surface area contributed by atoms with Gasteiger partial charge in [-0.3, -0.25) is 0 Å². The summed E-state index contributed by atoms with van der Waals surface area (Å²) in [5.41, 5.74) is 0.375. The first-order chi connectivity index (χ1) is 16.4. The van der Waals surface area contributed by atoms with E-state index in [4.69, 9.17) is 9.47 Å². The fraction of sp³-hybridized carbons (Fsp3) is 0.462. The molecule has 0 unspecified atom stereocenters. The standard InChI is InChI=1S/C26H33N3O5S/c1-18(2)35(31,32)22-7-8-23-19(16-22)10-15-29(23)24-9-6-21(17-27-24)33-20-11-13-28(14-12-20)25(30)34-26(3,4)5/h6-10,15-18,20H,11-14H2,1-5H3. The molecule has 188 valence electrons. The summed E-state index contributed by atoms with van der Waals surface area (Å²) >= 11 is 0. The number of benzene rings is 1. The summed E-state index contributed by atoms with van der Waals surface area (Å²) in [4.78, 5) is 18.8. The molecule has 1 aromatic carbocycles. The molecule has 1 aliphatic rings. The monoisotopic (exact) mass is 499 g/mol. The van der Waals surface area contributed by atoms with Crippen molar-refractivity contribution in [2.24, 2.45) is 0 Å². The SMILES string of the molecule is CC(C)S(=O)(=O)c1ccc2c(ccn2-c2ccc(OC3CCN(C(=O)OC(C)(C)C)CC3)cn2)c1. The fourth-order valence-corrected chi connectivity index (χ4v) is 5.12. The number of hydrogen-bond donors (Lipinski definition) is 0. The number of carbonyl (C=O) groups excluding carboxylic acids is 1. The third-order valence-electron chi connectivity index (χ3n) is 5.97. The number of hydrogen-bond acceptors (Lipinski definition) is 6. The Kier molecular flexibility index (Phi) is 6.81. The average Bonchev–Trinajstić information content (AvgIpc) is 3.22. The average molecular weight is 500 g/mol. The highest BCUT2D eigenvalue weighted by Gasteiger charge is 2.27. The van der Waals surface area contributed by atoms with Crippen LogP contribution in [0.1, 0.15) is 47.5 Å². The number of nitrogens with zero attached hydrogens (tertiary/aromatic N) is 3. The summed E-state index contributed by atoms with van der Waals surface area (Å²) in [6, 6.07) is 10.8. The van der Waals surface area contributed by atoms with Crippen molar-refractivity contribution in [3.8, 4) is 11.6 Å². The molecule has 1 amide bonds. The topological polar surface area (TPSA) is 90.7 Å². The summed E-state index contributed by atoms with van der Waals surface area (Å²) in [7, 11) is -3.33. The highest BCUT2D eigenvalue weighted by atomic mass is 32.2. The number of pyridine rings is 1. The second-order valence-corrected chi connectivity index (χ2v) is 12.6. The minimum Gasteiger partial charge on any atom is -0.489 e. The zero-order chi connectivity index (χ0) is 25.4.